The Labute approximate surface area is 109 Å². The van der Waals surface area contributed by atoms with Crippen molar-refractivity contribution in [1.82, 2.24) is 4.98 Å². The van der Waals surface area contributed by atoms with Crippen molar-refractivity contribution in [1.29, 1.82) is 0 Å². The SMILES string of the molecule is CC(=O)OC1(c2cccnc2)O[C@H](CO)[C@@H](O)[C@H]1O. The van der Waals surface area contributed by atoms with Gasteiger partial charge in [-0.3, -0.25) is 9.78 Å². The summed E-state index contributed by atoms with van der Waals surface area (Å²) in [6, 6.07) is 3.13. The summed E-state index contributed by atoms with van der Waals surface area (Å²) in [5, 5.41) is 29.1. The van der Waals surface area contributed by atoms with Crippen LogP contribution >= 0.6 is 0 Å². The Morgan fingerprint density at radius 2 is 2.32 bits per heavy atom. The molecule has 2 rings (SSSR count). The highest BCUT2D eigenvalue weighted by molar-refractivity contribution is 5.66. The van der Waals surface area contributed by atoms with E-state index in [9.17, 15) is 15.0 Å². The van der Waals surface area contributed by atoms with Crippen molar-refractivity contribution in [2.24, 2.45) is 0 Å². The average Bonchev–Trinajstić information content (AvgIpc) is 2.65. The Hall–Kier alpha value is -1.54. The second kappa shape index (κ2) is 5.22. The van der Waals surface area contributed by atoms with Gasteiger partial charge in [0.05, 0.1) is 6.61 Å². The van der Waals surface area contributed by atoms with Crippen LogP contribution in [0, 0.1) is 0 Å². The Balaban J connectivity index is 2.45. The lowest BCUT2D eigenvalue weighted by Gasteiger charge is -2.31. The van der Waals surface area contributed by atoms with Gasteiger partial charge in [0, 0.05) is 24.9 Å². The molecule has 104 valence electrons. The van der Waals surface area contributed by atoms with Crippen molar-refractivity contribution in [2.75, 3.05) is 6.61 Å². The Morgan fingerprint density at radius 3 is 2.79 bits per heavy atom. The average molecular weight is 269 g/mol. The van der Waals surface area contributed by atoms with Crippen LogP contribution in [0.25, 0.3) is 0 Å². The maximum atomic E-state index is 11.2. The maximum absolute atomic E-state index is 11.2. The van der Waals surface area contributed by atoms with Crippen LogP contribution in [0.2, 0.25) is 0 Å². The summed E-state index contributed by atoms with van der Waals surface area (Å²) in [7, 11) is 0. The predicted molar refractivity (Wildman–Crippen MR) is 61.7 cm³/mol. The quantitative estimate of drug-likeness (QED) is 0.598. The third-order valence-electron chi connectivity index (χ3n) is 2.96. The Bertz CT molecular complexity index is 453. The first-order valence-corrected chi connectivity index (χ1v) is 5.76. The van der Waals surface area contributed by atoms with Crippen LogP contribution in [-0.2, 0) is 20.1 Å². The number of esters is 1. The van der Waals surface area contributed by atoms with E-state index in [0.29, 0.717) is 0 Å². The number of hydrogen-bond donors (Lipinski definition) is 3. The van der Waals surface area contributed by atoms with Crippen molar-refractivity contribution in [3.05, 3.63) is 30.1 Å². The van der Waals surface area contributed by atoms with Gasteiger partial charge >= 0.3 is 5.97 Å². The second-order valence-corrected chi connectivity index (χ2v) is 4.28. The van der Waals surface area contributed by atoms with Crippen molar-refractivity contribution < 1.29 is 29.6 Å². The van der Waals surface area contributed by atoms with Crippen LogP contribution in [0.1, 0.15) is 12.5 Å². The first-order valence-electron chi connectivity index (χ1n) is 5.76. The van der Waals surface area contributed by atoms with Crippen LogP contribution < -0.4 is 0 Å². The zero-order valence-electron chi connectivity index (χ0n) is 10.3. The molecule has 0 amide bonds. The highest BCUT2D eigenvalue weighted by Crippen LogP contribution is 2.40. The molecule has 1 aromatic heterocycles. The van der Waals surface area contributed by atoms with E-state index < -0.39 is 36.7 Å². The monoisotopic (exact) mass is 269 g/mol. The molecule has 1 aromatic rings. The molecule has 1 aliphatic heterocycles. The first-order chi connectivity index (χ1) is 9.01. The fraction of sp³-hybridized carbons (Fsp3) is 0.500. The van der Waals surface area contributed by atoms with Crippen LogP contribution in [0.15, 0.2) is 24.5 Å². The summed E-state index contributed by atoms with van der Waals surface area (Å²) in [4.78, 5) is 15.1. The molecule has 0 spiro atoms. The maximum Gasteiger partial charge on any atom is 0.305 e. The molecule has 3 N–H and O–H groups in total. The van der Waals surface area contributed by atoms with Crippen molar-refractivity contribution >= 4 is 5.97 Å². The highest BCUT2D eigenvalue weighted by Gasteiger charge is 2.58. The normalized spacial score (nSPS) is 34.2. The lowest BCUT2D eigenvalue weighted by atomic mass is 9.99. The van der Waals surface area contributed by atoms with Gasteiger partial charge in [-0.1, -0.05) is 0 Å². The second-order valence-electron chi connectivity index (χ2n) is 4.28. The van der Waals surface area contributed by atoms with Gasteiger partial charge in [0.1, 0.15) is 12.2 Å². The van der Waals surface area contributed by atoms with Gasteiger partial charge in [-0.05, 0) is 12.1 Å². The molecular weight excluding hydrogens is 254 g/mol. The van der Waals surface area contributed by atoms with E-state index in [1.165, 1.54) is 12.4 Å². The van der Waals surface area contributed by atoms with E-state index >= 15 is 0 Å². The van der Waals surface area contributed by atoms with Gasteiger partial charge < -0.3 is 24.8 Å². The number of nitrogens with zero attached hydrogens (tertiary/aromatic N) is 1. The van der Waals surface area contributed by atoms with Gasteiger partial charge in [0.2, 0.25) is 0 Å². The summed E-state index contributed by atoms with van der Waals surface area (Å²) >= 11 is 0. The van der Waals surface area contributed by atoms with Gasteiger partial charge in [-0.15, -0.1) is 0 Å². The van der Waals surface area contributed by atoms with Gasteiger partial charge in [-0.25, -0.2) is 0 Å². The first kappa shape index (κ1) is 13.9. The number of carbonyl (C=O) groups is 1. The summed E-state index contributed by atoms with van der Waals surface area (Å²) in [6.07, 6.45) is -1.07. The minimum atomic E-state index is -1.85. The number of pyridine rings is 1. The molecule has 2 heterocycles. The van der Waals surface area contributed by atoms with Crippen molar-refractivity contribution in [3.63, 3.8) is 0 Å². The van der Waals surface area contributed by atoms with Crippen molar-refractivity contribution in [3.8, 4) is 0 Å². The summed E-state index contributed by atoms with van der Waals surface area (Å²) in [5.74, 6) is -2.54. The molecule has 1 unspecified atom stereocenters. The van der Waals surface area contributed by atoms with E-state index in [2.05, 4.69) is 4.98 Å². The van der Waals surface area contributed by atoms with Crippen LogP contribution in [0.5, 0.6) is 0 Å². The number of aromatic nitrogens is 1. The molecule has 0 bridgehead atoms. The lowest BCUT2D eigenvalue weighted by molar-refractivity contribution is -0.258. The molecule has 0 radical (unpaired) electrons. The molecule has 19 heavy (non-hydrogen) atoms. The molecule has 7 heteroatoms. The third kappa shape index (κ3) is 2.33. The minimum absolute atomic E-state index is 0.285. The Morgan fingerprint density at radius 1 is 1.58 bits per heavy atom. The van der Waals surface area contributed by atoms with Gasteiger partial charge in [0.15, 0.2) is 6.10 Å². The van der Waals surface area contributed by atoms with Gasteiger partial charge in [0.25, 0.3) is 5.79 Å². The number of ether oxygens (including phenoxy) is 2. The summed E-state index contributed by atoms with van der Waals surface area (Å²) in [6.45, 7) is 0.647. The summed E-state index contributed by atoms with van der Waals surface area (Å²) < 4.78 is 10.5. The van der Waals surface area contributed by atoms with Crippen LogP contribution in [0.3, 0.4) is 0 Å². The fourth-order valence-corrected chi connectivity index (χ4v) is 2.10. The van der Waals surface area contributed by atoms with Crippen LogP contribution in [-0.4, -0.2) is 51.2 Å². The van der Waals surface area contributed by atoms with Gasteiger partial charge in [-0.2, -0.15) is 0 Å². The summed E-state index contributed by atoms with van der Waals surface area (Å²) in [5.41, 5.74) is 0.285. The van der Waals surface area contributed by atoms with E-state index in [1.54, 1.807) is 12.1 Å². The lowest BCUT2D eigenvalue weighted by Crippen LogP contribution is -2.44. The molecule has 7 nitrogen and oxygen atoms in total. The molecule has 0 aliphatic carbocycles. The minimum Gasteiger partial charge on any atom is -0.426 e. The Kier molecular flexibility index (Phi) is 3.81. The smallest absolute Gasteiger partial charge is 0.305 e. The number of aliphatic hydroxyl groups excluding tert-OH is 3. The highest BCUT2D eigenvalue weighted by atomic mass is 16.7. The van der Waals surface area contributed by atoms with E-state index in [-0.39, 0.29) is 5.56 Å². The standard InChI is InChI=1S/C12H15NO6/c1-7(15)18-12(8-3-2-4-13-5-8)11(17)10(16)9(6-14)19-12/h2-5,9-11,14,16-17H,6H2,1H3/t9-,10-,11-,12?/m1/s1. The molecule has 1 fully saturated rings. The molecule has 1 aliphatic rings. The number of carbonyl (C=O) groups excluding carboxylic acids is 1. The third-order valence-corrected chi connectivity index (χ3v) is 2.96. The molecule has 4 atom stereocenters. The number of hydrogen-bond acceptors (Lipinski definition) is 7. The number of aliphatic hydroxyl groups is 3. The largest absolute Gasteiger partial charge is 0.426 e. The predicted octanol–water partition coefficient (Wildman–Crippen LogP) is -1.09. The molecular formula is C12H15NO6. The fourth-order valence-electron chi connectivity index (χ4n) is 2.10. The van der Waals surface area contributed by atoms with Crippen LogP contribution in [0.4, 0.5) is 0 Å². The molecule has 0 saturated carbocycles. The molecule has 0 aromatic carbocycles. The van der Waals surface area contributed by atoms with E-state index in [1.807, 2.05) is 0 Å². The number of rotatable bonds is 3. The zero-order valence-corrected chi connectivity index (χ0v) is 10.3. The topological polar surface area (TPSA) is 109 Å². The zero-order chi connectivity index (χ0) is 14.0. The van der Waals surface area contributed by atoms with E-state index in [4.69, 9.17) is 14.6 Å². The molecule has 1 saturated heterocycles. The van der Waals surface area contributed by atoms with Crippen molar-refractivity contribution in [2.45, 2.75) is 31.0 Å². The van der Waals surface area contributed by atoms with E-state index in [0.717, 1.165) is 6.92 Å².